The zero-order chi connectivity index (χ0) is 18.7. The number of pyridine rings is 1. The molecule has 27 heavy (non-hydrogen) atoms. The molecule has 0 saturated heterocycles. The number of nitrogens with zero attached hydrogens (tertiary/aromatic N) is 2. The maximum absolute atomic E-state index is 6.25. The summed E-state index contributed by atoms with van der Waals surface area (Å²) in [5.74, 6) is 1.69. The van der Waals surface area contributed by atoms with E-state index in [2.05, 4.69) is 49.8 Å². The SMILES string of the molecule is CCN(C)CCc1cc(C)c(Oc2ccnc3cc(Cl)ccc23)cc1C.Cl. The molecule has 3 aromatic rings. The van der Waals surface area contributed by atoms with Crippen LogP contribution in [0.4, 0.5) is 0 Å². The van der Waals surface area contributed by atoms with E-state index in [1.807, 2.05) is 24.3 Å². The molecule has 0 aliphatic rings. The van der Waals surface area contributed by atoms with Crippen LogP contribution in [-0.4, -0.2) is 30.0 Å². The van der Waals surface area contributed by atoms with E-state index in [9.17, 15) is 0 Å². The average molecular weight is 405 g/mol. The summed E-state index contributed by atoms with van der Waals surface area (Å²) in [7, 11) is 2.15. The van der Waals surface area contributed by atoms with Crippen LogP contribution in [0.3, 0.4) is 0 Å². The van der Waals surface area contributed by atoms with Gasteiger partial charge in [0.1, 0.15) is 11.5 Å². The van der Waals surface area contributed by atoms with E-state index in [1.54, 1.807) is 6.20 Å². The zero-order valence-corrected chi connectivity index (χ0v) is 17.8. The summed E-state index contributed by atoms with van der Waals surface area (Å²) < 4.78 is 6.25. The summed E-state index contributed by atoms with van der Waals surface area (Å²) in [6.45, 7) is 8.56. The first-order valence-corrected chi connectivity index (χ1v) is 9.36. The highest BCUT2D eigenvalue weighted by atomic mass is 35.5. The van der Waals surface area contributed by atoms with Gasteiger partial charge in [0.15, 0.2) is 0 Å². The first-order valence-electron chi connectivity index (χ1n) is 8.98. The lowest BCUT2D eigenvalue weighted by Gasteiger charge is -2.17. The monoisotopic (exact) mass is 404 g/mol. The van der Waals surface area contributed by atoms with Gasteiger partial charge in [-0.05, 0) is 80.9 Å². The first kappa shape index (κ1) is 21.5. The second kappa shape index (κ2) is 9.41. The second-order valence-electron chi connectivity index (χ2n) is 6.76. The minimum atomic E-state index is 0. The smallest absolute Gasteiger partial charge is 0.138 e. The number of aromatic nitrogens is 1. The van der Waals surface area contributed by atoms with E-state index < -0.39 is 0 Å². The van der Waals surface area contributed by atoms with Crippen molar-refractivity contribution < 1.29 is 4.74 Å². The Morgan fingerprint density at radius 3 is 2.56 bits per heavy atom. The Balaban J connectivity index is 0.00000261. The van der Waals surface area contributed by atoms with Crippen LogP contribution in [-0.2, 0) is 6.42 Å². The number of hydrogen-bond acceptors (Lipinski definition) is 3. The Kier molecular flexibility index (Phi) is 7.49. The van der Waals surface area contributed by atoms with Gasteiger partial charge in [-0.25, -0.2) is 0 Å². The standard InChI is InChI=1S/C22H25ClN2O.ClH/c1-5-25(4)11-9-17-12-16(3)22(13-15(17)2)26-21-8-10-24-20-14-18(23)6-7-19(20)21;/h6-8,10,12-14H,5,9,11H2,1-4H3;1H. The molecule has 0 unspecified atom stereocenters. The largest absolute Gasteiger partial charge is 0.456 e. The first-order chi connectivity index (χ1) is 12.5. The quantitative estimate of drug-likeness (QED) is 0.487. The minimum absolute atomic E-state index is 0. The predicted octanol–water partition coefficient (Wildman–Crippen LogP) is 6.21. The predicted molar refractivity (Wildman–Crippen MR) is 117 cm³/mol. The molecular formula is C22H26Cl2N2O. The van der Waals surface area contributed by atoms with Crippen molar-refractivity contribution in [2.24, 2.45) is 0 Å². The van der Waals surface area contributed by atoms with Gasteiger partial charge in [-0.2, -0.15) is 0 Å². The number of fused-ring (bicyclic) bond motifs is 1. The van der Waals surface area contributed by atoms with Gasteiger partial charge in [-0.3, -0.25) is 4.98 Å². The van der Waals surface area contributed by atoms with Crippen LogP contribution in [0.2, 0.25) is 5.02 Å². The highest BCUT2D eigenvalue weighted by molar-refractivity contribution is 6.31. The summed E-state index contributed by atoms with van der Waals surface area (Å²) in [4.78, 5) is 6.71. The summed E-state index contributed by atoms with van der Waals surface area (Å²) in [5.41, 5.74) is 4.62. The van der Waals surface area contributed by atoms with Crippen molar-refractivity contribution in [2.75, 3.05) is 20.1 Å². The summed E-state index contributed by atoms with van der Waals surface area (Å²) in [5, 5.41) is 1.64. The molecule has 0 atom stereocenters. The third-order valence-corrected chi connectivity index (χ3v) is 5.06. The van der Waals surface area contributed by atoms with Gasteiger partial charge in [0, 0.05) is 23.2 Å². The van der Waals surface area contributed by atoms with Crippen LogP contribution in [0, 0.1) is 13.8 Å². The zero-order valence-electron chi connectivity index (χ0n) is 16.3. The second-order valence-corrected chi connectivity index (χ2v) is 7.20. The molecule has 1 aromatic heterocycles. The third kappa shape index (κ3) is 5.13. The Hall–Kier alpha value is -1.81. The van der Waals surface area contributed by atoms with Crippen LogP contribution < -0.4 is 4.74 Å². The fourth-order valence-corrected chi connectivity index (χ4v) is 3.17. The van der Waals surface area contributed by atoms with Gasteiger partial charge >= 0.3 is 0 Å². The topological polar surface area (TPSA) is 25.4 Å². The van der Waals surface area contributed by atoms with Gasteiger partial charge in [0.05, 0.1) is 5.52 Å². The molecule has 0 aliphatic carbocycles. The van der Waals surface area contributed by atoms with E-state index in [0.717, 1.165) is 47.5 Å². The molecule has 2 aromatic carbocycles. The van der Waals surface area contributed by atoms with Crippen LogP contribution in [0.25, 0.3) is 10.9 Å². The summed E-state index contributed by atoms with van der Waals surface area (Å²) in [6.07, 6.45) is 2.80. The van der Waals surface area contributed by atoms with Crippen LogP contribution in [0.1, 0.15) is 23.6 Å². The molecule has 1 heterocycles. The lowest BCUT2D eigenvalue weighted by molar-refractivity contribution is 0.357. The molecule has 0 saturated carbocycles. The molecular weight excluding hydrogens is 379 g/mol. The minimum Gasteiger partial charge on any atom is -0.456 e. The molecule has 3 rings (SSSR count). The van der Waals surface area contributed by atoms with Gasteiger partial charge in [0.25, 0.3) is 0 Å². The highest BCUT2D eigenvalue weighted by Crippen LogP contribution is 2.33. The van der Waals surface area contributed by atoms with Crippen molar-refractivity contribution in [1.82, 2.24) is 9.88 Å². The number of hydrogen-bond donors (Lipinski definition) is 0. The van der Waals surface area contributed by atoms with Gasteiger partial charge in [0.2, 0.25) is 0 Å². The number of ether oxygens (including phenoxy) is 1. The van der Waals surface area contributed by atoms with Crippen LogP contribution >= 0.6 is 24.0 Å². The van der Waals surface area contributed by atoms with Crippen LogP contribution in [0.5, 0.6) is 11.5 Å². The lowest BCUT2D eigenvalue weighted by atomic mass is 10.0. The van der Waals surface area contributed by atoms with Crippen LogP contribution in [0.15, 0.2) is 42.6 Å². The number of likely N-dealkylation sites (N-methyl/N-ethyl adjacent to an activating group) is 1. The number of rotatable bonds is 6. The maximum atomic E-state index is 6.25. The molecule has 0 spiro atoms. The molecule has 0 bridgehead atoms. The average Bonchev–Trinajstić information content (AvgIpc) is 2.62. The molecule has 0 radical (unpaired) electrons. The van der Waals surface area contributed by atoms with Crippen molar-refractivity contribution in [1.29, 1.82) is 0 Å². The van der Waals surface area contributed by atoms with Crippen molar-refractivity contribution in [3.05, 3.63) is 64.3 Å². The molecule has 144 valence electrons. The molecule has 0 aliphatic heterocycles. The van der Waals surface area contributed by atoms with E-state index in [-0.39, 0.29) is 12.4 Å². The number of benzene rings is 2. The van der Waals surface area contributed by atoms with Crippen molar-refractivity contribution >= 4 is 34.9 Å². The summed E-state index contributed by atoms with van der Waals surface area (Å²) in [6, 6.07) is 12.0. The number of halogens is 2. The van der Waals surface area contributed by atoms with Crippen molar-refractivity contribution in [3.8, 4) is 11.5 Å². The fraction of sp³-hybridized carbons (Fsp3) is 0.318. The maximum Gasteiger partial charge on any atom is 0.138 e. The van der Waals surface area contributed by atoms with E-state index in [4.69, 9.17) is 16.3 Å². The van der Waals surface area contributed by atoms with E-state index in [1.165, 1.54) is 11.1 Å². The molecule has 0 fully saturated rings. The van der Waals surface area contributed by atoms with Crippen molar-refractivity contribution in [2.45, 2.75) is 27.2 Å². The molecule has 5 heteroatoms. The van der Waals surface area contributed by atoms with E-state index >= 15 is 0 Å². The Morgan fingerprint density at radius 1 is 1.04 bits per heavy atom. The normalized spacial score (nSPS) is 10.9. The molecule has 0 N–H and O–H groups in total. The van der Waals surface area contributed by atoms with E-state index in [0.29, 0.717) is 5.02 Å². The van der Waals surface area contributed by atoms with Gasteiger partial charge in [-0.1, -0.05) is 24.6 Å². The fourth-order valence-electron chi connectivity index (χ4n) is 3.00. The molecule has 3 nitrogen and oxygen atoms in total. The highest BCUT2D eigenvalue weighted by Gasteiger charge is 2.10. The summed E-state index contributed by atoms with van der Waals surface area (Å²) >= 11 is 6.07. The molecule has 0 amide bonds. The van der Waals surface area contributed by atoms with Crippen molar-refractivity contribution in [3.63, 3.8) is 0 Å². The van der Waals surface area contributed by atoms with Gasteiger partial charge < -0.3 is 9.64 Å². The third-order valence-electron chi connectivity index (χ3n) is 4.82. The Bertz CT molecular complexity index is 928. The Labute approximate surface area is 172 Å². The lowest BCUT2D eigenvalue weighted by Crippen LogP contribution is -2.20. The Morgan fingerprint density at radius 2 is 1.81 bits per heavy atom. The number of aryl methyl sites for hydroxylation is 2. The van der Waals surface area contributed by atoms with Gasteiger partial charge in [-0.15, -0.1) is 12.4 Å².